The first-order valence-electron chi connectivity index (χ1n) is 11.5. The maximum atomic E-state index is 6.90. The van der Waals surface area contributed by atoms with Crippen molar-refractivity contribution >= 4 is 12.4 Å². The van der Waals surface area contributed by atoms with Gasteiger partial charge in [-0.1, -0.05) is 52.8 Å². The van der Waals surface area contributed by atoms with Gasteiger partial charge in [0.25, 0.3) is 0 Å². The summed E-state index contributed by atoms with van der Waals surface area (Å²) in [6, 6.07) is 10.0. The maximum Gasteiger partial charge on any atom is 0.146 e. The minimum atomic E-state index is -0.879. The average molecular weight is 466 g/mol. The highest BCUT2D eigenvalue weighted by Gasteiger charge is 2.35. The summed E-state index contributed by atoms with van der Waals surface area (Å²) in [5, 5.41) is 0. The molecule has 0 aromatic heterocycles. The Morgan fingerprint density at radius 3 is 1.88 bits per heavy atom. The topological polar surface area (TPSA) is 76.0 Å². The summed E-state index contributed by atoms with van der Waals surface area (Å²) in [5.74, 6) is 2.79. The standard InChI is InChI=1S/C27H41NO2.ClH.H2O/c1-9-27(28,29-10-2)25-21(8)20(7)23(16-18(3)4)24(17-19(5)6)26(25)30-22-14-12-11-13-15-22;;/h11-15,18-19H,9-10,16-17,28H2,1-8H3;1H;1H2. The van der Waals surface area contributed by atoms with E-state index in [-0.39, 0.29) is 17.9 Å². The lowest BCUT2D eigenvalue weighted by atomic mass is 9.81. The predicted molar refractivity (Wildman–Crippen MR) is 138 cm³/mol. The molecule has 2 aromatic rings. The van der Waals surface area contributed by atoms with Crippen molar-refractivity contribution in [3.05, 3.63) is 58.1 Å². The molecule has 0 fully saturated rings. The van der Waals surface area contributed by atoms with E-state index < -0.39 is 5.72 Å². The van der Waals surface area contributed by atoms with Crippen LogP contribution in [0.5, 0.6) is 11.5 Å². The summed E-state index contributed by atoms with van der Waals surface area (Å²) in [7, 11) is 0. The first-order chi connectivity index (χ1) is 14.1. The second-order valence-corrected chi connectivity index (χ2v) is 9.20. The van der Waals surface area contributed by atoms with Crippen LogP contribution in [0.4, 0.5) is 0 Å². The molecule has 1 atom stereocenters. The highest BCUT2D eigenvalue weighted by atomic mass is 35.5. The van der Waals surface area contributed by atoms with Gasteiger partial charge in [0.05, 0.1) is 0 Å². The molecule has 2 rings (SSSR count). The lowest BCUT2D eigenvalue weighted by molar-refractivity contribution is -0.0445. The fraction of sp³-hybridized carbons (Fsp3) is 0.556. The van der Waals surface area contributed by atoms with E-state index in [0.29, 0.717) is 24.9 Å². The number of rotatable bonds is 10. The SMILES string of the molecule is CCOC(N)(CC)c1c(C)c(C)c(CC(C)C)c(CC(C)C)c1Oc1ccccc1.Cl.O. The van der Waals surface area contributed by atoms with Crippen molar-refractivity contribution in [2.75, 3.05) is 6.61 Å². The number of nitrogens with two attached hydrogens (primary N) is 1. The van der Waals surface area contributed by atoms with Crippen LogP contribution in [0.15, 0.2) is 30.3 Å². The van der Waals surface area contributed by atoms with Crippen molar-refractivity contribution in [3.63, 3.8) is 0 Å². The molecule has 0 saturated heterocycles. The fourth-order valence-corrected chi connectivity index (χ4v) is 4.24. The molecule has 4 N–H and O–H groups in total. The normalized spacial score (nSPS) is 12.8. The van der Waals surface area contributed by atoms with Crippen molar-refractivity contribution in [2.45, 2.75) is 80.4 Å². The number of ether oxygens (including phenoxy) is 2. The first-order valence-corrected chi connectivity index (χ1v) is 11.5. The summed E-state index contributed by atoms with van der Waals surface area (Å²) in [4.78, 5) is 0. The zero-order chi connectivity index (χ0) is 22.5. The third-order valence-electron chi connectivity index (χ3n) is 5.79. The van der Waals surface area contributed by atoms with E-state index in [1.165, 1.54) is 22.3 Å². The molecule has 0 aliphatic heterocycles. The maximum absolute atomic E-state index is 6.90. The molecule has 0 aliphatic carbocycles. The minimum absolute atomic E-state index is 0. The molecule has 0 aliphatic rings. The molecule has 0 spiro atoms. The Balaban J connectivity index is 0.00000480. The summed E-state index contributed by atoms with van der Waals surface area (Å²) in [5.41, 5.74) is 12.2. The first kappa shape index (κ1) is 30.4. The monoisotopic (exact) mass is 465 g/mol. The highest BCUT2D eigenvalue weighted by Crippen LogP contribution is 2.44. The van der Waals surface area contributed by atoms with Crippen LogP contribution in [0.1, 0.15) is 75.8 Å². The molecular formula is C27H44ClNO3. The number of hydrogen-bond acceptors (Lipinski definition) is 3. The van der Waals surface area contributed by atoms with Gasteiger partial charge in [0, 0.05) is 12.2 Å². The zero-order valence-corrected chi connectivity index (χ0v) is 22.0. The molecule has 0 heterocycles. The van der Waals surface area contributed by atoms with Gasteiger partial charge in [0.15, 0.2) is 0 Å². The lowest BCUT2D eigenvalue weighted by Gasteiger charge is -2.35. The largest absolute Gasteiger partial charge is 0.457 e. The molecule has 0 bridgehead atoms. The van der Waals surface area contributed by atoms with E-state index >= 15 is 0 Å². The lowest BCUT2D eigenvalue weighted by Crippen LogP contribution is -2.40. The Bertz CT molecular complexity index is 837. The fourth-order valence-electron chi connectivity index (χ4n) is 4.24. The quantitative estimate of drug-likeness (QED) is 0.399. The summed E-state index contributed by atoms with van der Waals surface area (Å²) >= 11 is 0. The van der Waals surface area contributed by atoms with Crippen LogP contribution in [0.2, 0.25) is 0 Å². The van der Waals surface area contributed by atoms with E-state index in [1.807, 2.05) is 37.3 Å². The van der Waals surface area contributed by atoms with Gasteiger partial charge in [-0.15, -0.1) is 12.4 Å². The Labute approximate surface area is 201 Å². The van der Waals surface area contributed by atoms with E-state index in [1.54, 1.807) is 0 Å². The van der Waals surface area contributed by atoms with Crippen LogP contribution in [0.25, 0.3) is 0 Å². The van der Waals surface area contributed by atoms with E-state index in [4.69, 9.17) is 15.2 Å². The molecule has 0 amide bonds. The minimum Gasteiger partial charge on any atom is -0.457 e. The van der Waals surface area contributed by atoms with Crippen LogP contribution in [0, 0.1) is 25.7 Å². The third kappa shape index (κ3) is 6.95. The average Bonchev–Trinajstić information content (AvgIpc) is 2.69. The number of para-hydroxylation sites is 1. The number of halogens is 1. The highest BCUT2D eigenvalue weighted by molar-refractivity contribution is 5.85. The molecule has 1 unspecified atom stereocenters. The second-order valence-electron chi connectivity index (χ2n) is 9.20. The second kappa shape index (κ2) is 13.2. The summed E-state index contributed by atoms with van der Waals surface area (Å²) in [6.45, 7) is 18.1. The summed E-state index contributed by atoms with van der Waals surface area (Å²) < 4.78 is 12.8. The van der Waals surface area contributed by atoms with Crippen LogP contribution in [-0.4, -0.2) is 12.1 Å². The van der Waals surface area contributed by atoms with Crippen molar-refractivity contribution in [1.82, 2.24) is 0 Å². The smallest absolute Gasteiger partial charge is 0.146 e. The van der Waals surface area contributed by atoms with Gasteiger partial charge >= 0.3 is 0 Å². The van der Waals surface area contributed by atoms with Crippen molar-refractivity contribution in [1.29, 1.82) is 0 Å². The van der Waals surface area contributed by atoms with Crippen LogP contribution in [-0.2, 0) is 23.3 Å². The van der Waals surface area contributed by atoms with Gasteiger partial charge in [-0.2, -0.15) is 0 Å². The Morgan fingerprint density at radius 2 is 1.41 bits per heavy atom. The van der Waals surface area contributed by atoms with Gasteiger partial charge in [-0.3, -0.25) is 5.73 Å². The molecule has 0 saturated carbocycles. The van der Waals surface area contributed by atoms with Gasteiger partial charge in [-0.25, -0.2) is 0 Å². The third-order valence-corrected chi connectivity index (χ3v) is 5.79. The van der Waals surface area contributed by atoms with Crippen molar-refractivity contribution < 1.29 is 14.9 Å². The van der Waals surface area contributed by atoms with Crippen LogP contribution in [0.3, 0.4) is 0 Å². The molecule has 32 heavy (non-hydrogen) atoms. The van der Waals surface area contributed by atoms with Gasteiger partial charge in [0.2, 0.25) is 0 Å². The zero-order valence-electron chi connectivity index (χ0n) is 21.2. The van der Waals surface area contributed by atoms with E-state index in [2.05, 4.69) is 48.5 Å². The van der Waals surface area contributed by atoms with Gasteiger partial charge < -0.3 is 14.9 Å². The van der Waals surface area contributed by atoms with E-state index in [9.17, 15) is 0 Å². The van der Waals surface area contributed by atoms with E-state index in [0.717, 1.165) is 29.9 Å². The molecule has 182 valence electrons. The Kier molecular flexibility index (Phi) is 12.5. The van der Waals surface area contributed by atoms with Crippen molar-refractivity contribution in [3.8, 4) is 11.5 Å². The van der Waals surface area contributed by atoms with Crippen LogP contribution >= 0.6 is 12.4 Å². The molecule has 2 aromatic carbocycles. The van der Waals surface area contributed by atoms with Gasteiger partial charge in [0.1, 0.15) is 17.2 Å². The molecule has 0 radical (unpaired) electrons. The predicted octanol–water partition coefficient (Wildman–Crippen LogP) is 6.65. The Hall–Kier alpha value is -1.59. The molecule has 5 heteroatoms. The molecular weight excluding hydrogens is 422 g/mol. The van der Waals surface area contributed by atoms with Gasteiger partial charge in [-0.05, 0) is 86.3 Å². The summed E-state index contributed by atoms with van der Waals surface area (Å²) in [6.07, 6.45) is 2.65. The Morgan fingerprint density at radius 1 is 0.875 bits per heavy atom. The number of hydrogen-bond donors (Lipinski definition) is 1. The van der Waals surface area contributed by atoms with Crippen molar-refractivity contribution in [2.24, 2.45) is 17.6 Å². The number of benzene rings is 2. The van der Waals surface area contributed by atoms with Crippen LogP contribution < -0.4 is 10.5 Å². The molecule has 4 nitrogen and oxygen atoms in total.